The van der Waals surface area contributed by atoms with Gasteiger partial charge in [-0.05, 0) is 43.3 Å². The molecule has 7 nitrogen and oxygen atoms in total. The minimum atomic E-state index is -0.478. The fraction of sp³-hybridized carbons (Fsp3) is 0.0400. The van der Waals surface area contributed by atoms with Gasteiger partial charge in [-0.3, -0.25) is 19.5 Å². The number of hydrogen-bond acceptors (Lipinski definition) is 4. The smallest absolute Gasteiger partial charge is 0.271 e. The van der Waals surface area contributed by atoms with Crippen molar-refractivity contribution in [3.8, 4) is 5.69 Å². The largest absolute Gasteiger partial charge is 0.358 e. The van der Waals surface area contributed by atoms with Crippen LogP contribution in [-0.4, -0.2) is 19.5 Å². The standard InChI is InChI=1S/C25H18N4O3/c1-16-19(20-9-2-4-11-22(20)26-16)13-14-24-27-23-12-5-3-10-21(23)25(30)28(24)17-7-6-8-18(15-17)29(31)32/h2-15,26H,1H3/b14-13+. The molecule has 0 aliphatic carbocycles. The lowest BCUT2D eigenvalue weighted by atomic mass is 10.1. The van der Waals surface area contributed by atoms with Crippen molar-refractivity contribution < 1.29 is 4.92 Å². The van der Waals surface area contributed by atoms with E-state index in [0.717, 1.165) is 22.2 Å². The second-order valence-corrected chi connectivity index (χ2v) is 7.45. The summed E-state index contributed by atoms with van der Waals surface area (Å²) < 4.78 is 1.41. The molecule has 2 heterocycles. The Kier molecular flexibility index (Phi) is 4.63. The summed E-state index contributed by atoms with van der Waals surface area (Å²) in [6.45, 7) is 1.99. The van der Waals surface area contributed by atoms with Crippen LogP contribution < -0.4 is 5.56 Å². The van der Waals surface area contributed by atoms with Crippen LogP contribution in [0.1, 0.15) is 17.1 Å². The van der Waals surface area contributed by atoms with Gasteiger partial charge >= 0.3 is 0 Å². The summed E-state index contributed by atoms with van der Waals surface area (Å²) in [6, 6.07) is 21.1. The number of aromatic nitrogens is 3. The first-order valence-corrected chi connectivity index (χ1v) is 10.0. The molecule has 7 heteroatoms. The van der Waals surface area contributed by atoms with Crippen LogP contribution in [0.2, 0.25) is 0 Å². The van der Waals surface area contributed by atoms with E-state index in [1.165, 1.54) is 16.7 Å². The Morgan fingerprint density at radius 2 is 1.72 bits per heavy atom. The highest BCUT2D eigenvalue weighted by Crippen LogP contribution is 2.25. The first kappa shape index (κ1) is 19.4. The maximum absolute atomic E-state index is 13.4. The molecule has 0 aliphatic rings. The Labute approximate surface area is 182 Å². The molecule has 32 heavy (non-hydrogen) atoms. The van der Waals surface area contributed by atoms with E-state index in [9.17, 15) is 14.9 Å². The highest BCUT2D eigenvalue weighted by Gasteiger charge is 2.14. The Hall–Kier alpha value is -4.52. The Morgan fingerprint density at radius 1 is 0.969 bits per heavy atom. The lowest BCUT2D eigenvalue weighted by Gasteiger charge is -2.11. The number of aromatic amines is 1. The zero-order chi connectivity index (χ0) is 22.2. The van der Waals surface area contributed by atoms with E-state index in [1.54, 1.807) is 36.4 Å². The van der Waals surface area contributed by atoms with E-state index in [4.69, 9.17) is 4.98 Å². The van der Waals surface area contributed by atoms with E-state index < -0.39 is 4.92 Å². The molecule has 5 aromatic rings. The molecule has 0 spiro atoms. The molecule has 0 saturated heterocycles. The van der Waals surface area contributed by atoms with Crippen LogP contribution in [0.25, 0.3) is 39.6 Å². The van der Waals surface area contributed by atoms with Crippen molar-refractivity contribution in [1.82, 2.24) is 14.5 Å². The second kappa shape index (κ2) is 7.63. The predicted octanol–water partition coefficient (Wildman–Crippen LogP) is 5.25. The molecule has 2 aromatic heterocycles. The van der Waals surface area contributed by atoms with E-state index in [2.05, 4.69) is 4.98 Å². The molecule has 0 aliphatic heterocycles. The van der Waals surface area contributed by atoms with Crippen LogP contribution in [0.5, 0.6) is 0 Å². The van der Waals surface area contributed by atoms with Gasteiger partial charge in [0.2, 0.25) is 0 Å². The van der Waals surface area contributed by atoms with Crippen molar-refractivity contribution in [3.63, 3.8) is 0 Å². The van der Waals surface area contributed by atoms with Crippen LogP contribution in [0, 0.1) is 17.0 Å². The zero-order valence-corrected chi connectivity index (χ0v) is 17.1. The number of nitro groups is 1. The predicted molar refractivity (Wildman–Crippen MR) is 126 cm³/mol. The van der Waals surface area contributed by atoms with E-state index in [0.29, 0.717) is 22.4 Å². The molecular weight excluding hydrogens is 404 g/mol. The lowest BCUT2D eigenvalue weighted by molar-refractivity contribution is -0.384. The summed E-state index contributed by atoms with van der Waals surface area (Å²) in [6.07, 6.45) is 3.69. The molecule has 0 atom stereocenters. The molecule has 156 valence electrons. The van der Waals surface area contributed by atoms with E-state index in [-0.39, 0.29) is 11.2 Å². The molecule has 1 N–H and O–H groups in total. The third-order valence-corrected chi connectivity index (χ3v) is 5.44. The van der Waals surface area contributed by atoms with Gasteiger partial charge in [0.05, 0.1) is 21.5 Å². The van der Waals surface area contributed by atoms with Crippen molar-refractivity contribution in [2.24, 2.45) is 0 Å². The van der Waals surface area contributed by atoms with Gasteiger partial charge in [0.1, 0.15) is 5.82 Å². The molecule has 0 saturated carbocycles. The van der Waals surface area contributed by atoms with Gasteiger partial charge in [0.25, 0.3) is 11.2 Å². The number of benzene rings is 3. The molecule has 0 fully saturated rings. The number of aryl methyl sites for hydroxylation is 1. The van der Waals surface area contributed by atoms with Gasteiger partial charge in [-0.15, -0.1) is 0 Å². The highest BCUT2D eigenvalue weighted by atomic mass is 16.6. The Bertz CT molecular complexity index is 1590. The summed E-state index contributed by atoms with van der Waals surface area (Å²) in [5.74, 6) is 0.388. The van der Waals surface area contributed by atoms with Crippen LogP contribution in [0.15, 0.2) is 77.6 Å². The number of hydrogen-bond donors (Lipinski definition) is 1. The second-order valence-electron chi connectivity index (χ2n) is 7.45. The van der Waals surface area contributed by atoms with Crippen molar-refractivity contribution >= 4 is 39.6 Å². The number of nitrogens with zero attached hydrogens (tertiary/aromatic N) is 3. The van der Waals surface area contributed by atoms with E-state index >= 15 is 0 Å². The molecule has 5 rings (SSSR count). The minimum absolute atomic E-state index is 0.0926. The molecule has 0 unspecified atom stereocenters. The maximum atomic E-state index is 13.4. The Morgan fingerprint density at radius 3 is 2.53 bits per heavy atom. The lowest BCUT2D eigenvalue weighted by Crippen LogP contribution is -2.22. The van der Waals surface area contributed by atoms with Gasteiger partial charge in [-0.25, -0.2) is 4.98 Å². The summed E-state index contributed by atoms with van der Waals surface area (Å²) in [5, 5.41) is 12.8. The number of nitrogens with one attached hydrogen (secondary N) is 1. The average molecular weight is 422 g/mol. The summed E-state index contributed by atoms with van der Waals surface area (Å²) in [5.41, 5.74) is 3.58. The van der Waals surface area contributed by atoms with Crippen molar-refractivity contribution in [3.05, 3.63) is 110 Å². The van der Waals surface area contributed by atoms with Gasteiger partial charge in [0, 0.05) is 34.3 Å². The third-order valence-electron chi connectivity index (χ3n) is 5.44. The topological polar surface area (TPSA) is 93.8 Å². The zero-order valence-electron chi connectivity index (χ0n) is 17.1. The maximum Gasteiger partial charge on any atom is 0.271 e. The SMILES string of the molecule is Cc1[nH]c2ccccc2c1/C=C/c1nc2ccccc2c(=O)n1-c1cccc([N+](=O)[O-])c1. The monoisotopic (exact) mass is 422 g/mol. The Balaban J connectivity index is 1.75. The van der Waals surface area contributed by atoms with Gasteiger partial charge in [0.15, 0.2) is 0 Å². The minimum Gasteiger partial charge on any atom is -0.358 e. The molecule has 0 bridgehead atoms. The number of H-pyrrole nitrogens is 1. The van der Waals surface area contributed by atoms with Crippen molar-refractivity contribution in [1.29, 1.82) is 0 Å². The number of fused-ring (bicyclic) bond motifs is 2. The number of nitro benzene ring substituents is 1. The van der Waals surface area contributed by atoms with Gasteiger partial charge in [-0.1, -0.05) is 36.4 Å². The molecule has 3 aromatic carbocycles. The van der Waals surface area contributed by atoms with Gasteiger partial charge in [-0.2, -0.15) is 0 Å². The summed E-state index contributed by atoms with van der Waals surface area (Å²) in [4.78, 5) is 32.2. The van der Waals surface area contributed by atoms with Crippen molar-refractivity contribution in [2.75, 3.05) is 0 Å². The third kappa shape index (κ3) is 3.26. The molecule has 0 radical (unpaired) electrons. The normalized spacial score (nSPS) is 11.5. The van der Waals surface area contributed by atoms with Crippen molar-refractivity contribution in [2.45, 2.75) is 6.92 Å². The fourth-order valence-corrected chi connectivity index (χ4v) is 3.93. The first-order chi connectivity index (χ1) is 15.5. The number of non-ortho nitro benzene ring substituents is 1. The highest BCUT2D eigenvalue weighted by molar-refractivity contribution is 5.93. The summed E-state index contributed by atoms with van der Waals surface area (Å²) >= 11 is 0. The van der Waals surface area contributed by atoms with E-state index in [1.807, 2.05) is 43.3 Å². The van der Waals surface area contributed by atoms with Crippen LogP contribution >= 0.6 is 0 Å². The van der Waals surface area contributed by atoms with Crippen LogP contribution in [-0.2, 0) is 0 Å². The molecule has 0 amide bonds. The van der Waals surface area contributed by atoms with Gasteiger partial charge < -0.3 is 4.98 Å². The number of para-hydroxylation sites is 2. The molecular formula is C25H18N4O3. The number of rotatable bonds is 4. The first-order valence-electron chi connectivity index (χ1n) is 10.0. The van der Waals surface area contributed by atoms with Crippen LogP contribution in [0.4, 0.5) is 5.69 Å². The average Bonchev–Trinajstić information content (AvgIpc) is 3.12. The summed E-state index contributed by atoms with van der Waals surface area (Å²) in [7, 11) is 0. The quantitative estimate of drug-likeness (QED) is 0.316. The fourth-order valence-electron chi connectivity index (χ4n) is 3.93. The van der Waals surface area contributed by atoms with Crippen LogP contribution in [0.3, 0.4) is 0 Å².